The summed E-state index contributed by atoms with van der Waals surface area (Å²) in [7, 11) is 0. The molecule has 12 heavy (non-hydrogen) atoms. The van der Waals surface area contributed by atoms with Crippen LogP contribution < -0.4 is 0 Å². The van der Waals surface area contributed by atoms with Gasteiger partial charge in [0.2, 0.25) is 0 Å². The van der Waals surface area contributed by atoms with Gasteiger partial charge in [0.1, 0.15) is 0 Å². The molecule has 0 aliphatic heterocycles. The molecular weight excluding hydrogens is 144 g/mol. The molecule has 1 saturated carbocycles. The van der Waals surface area contributed by atoms with Crippen molar-refractivity contribution in [2.45, 2.75) is 51.9 Å². The summed E-state index contributed by atoms with van der Waals surface area (Å²) in [5.74, 6) is 1.07. The van der Waals surface area contributed by atoms with Crippen molar-refractivity contribution in [3.63, 3.8) is 0 Å². The Hall–Kier alpha value is -0.260. The lowest BCUT2D eigenvalue weighted by molar-refractivity contribution is 0.110. The lowest BCUT2D eigenvalue weighted by Gasteiger charge is -2.45. The van der Waals surface area contributed by atoms with Crippen molar-refractivity contribution in [3.05, 3.63) is 11.1 Å². The summed E-state index contributed by atoms with van der Waals surface area (Å²) in [6.07, 6.45) is 10.3. The Morgan fingerprint density at radius 1 is 1.25 bits per heavy atom. The molecule has 0 nitrogen and oxygen atoms in total. The van der Waals surface area contributed by atoms with Crippen LogP contribution in [0.25, 0.3) is 0 Å². The molecule has 0 heterocycles. The average Bonchev–Trinajstić information content (AvgIpc) is 2.28. The van der Waals surface area contributed by atoms with E-state index in [-0.39, 0.29) is 0 Å². The molecule has 3 rings (SSSR count). The van der Waals surface area contributed by atoms with Crippen LogP contribution >= 0.6 is 0 Å². The predicted molar refractivity (Wildman–Crippen MR) is 50.9 cm³/mol. The number of allylic oxidation sites excluding steroid dienone is 2. The number of hydrogen-bond acceptors (Lipinski definition) is 0. The summed E-state index contributed by atoms with van der Waals surface area (Å²) < 4.78 is 0. The van der Waals surface area contributed by atoms with Gasteiger partial charge in [-0.15, -0.1) is 0 Å². The van der Waals surface area contributed by atoms with Crippen molar-refractivity contribution in [2.75, 3.05) is 0 Å². The molecule has 0 heteroatoms. The van der Waals surface area contributed by atoms with Crippen molar-refractivity contribution in [2.24, 2.45) is 11.3 Å². The highest BCUT2D eigenvalue weighted by Crippen LogP contribution is 2.62. The standard InChI is InChI=1S/C12H18/c1-12-7-6-10(12)8-9-4-2-3-5-11(9)12/h10H,2-8H2,1H3/t10-,12-/m1/s1. The molecule has 0 amide bonds. The summed E-state index contributed by atoms with van der Waals surface area (Å²) in [5.41, 5.74) is 4.49. The van der Waals surface area contributed by atoms with E-state index in [1.54, 1.807) is 0 Å². The molecule has 0 radical (unpaired) electrons. The maximum absolute atomic E-state index is 2.52. The van der Waals surface area contributed by atoms with Crippen LogP contribution in [-0.4, -0.2) is 0 Å². The van der Waals surface area contributed by atoms with E-state index >= 15 is 0 Å². The molecule has 0 aromatic carbocycles. The molecule has 3 aliphatic rings. The van der Waals surface area contributed by atoms with Crippen LogP contribution in [0.5, 0.6) is 0 Å². The second-order valence-electron chi connectivity index (χ2n) is 5.15. The summed E-state index contributed by atoms with van der Waals surface area (Å²) in [4.78, 5) is 0. The molecule has 1 fully saturated rings. The highest BCUT2D eigenvalue weighted by atomic mass is 14.5. The lowest BCUT2D eigenvalue weighted by Crippen LogP contribution is -2.35. The van der Waals surface area contributed by atoms with Crippen LogP contribution in [0.4, 0.5) is 0 Å². The SMILES string of the molecule is C[C@@]12CC[C@@H]1CC1=C2CCCC1. The van der Waals surface area contributed by atoms with Gasteiger partial charge in [-0.2, -0.15) is 0 Å². The van der Waals surface area contributed by atoms with Gasteiger partial charge in [0, 0.05) is 0 Å². The molecule has 66 valence electrons. The molecule has 0 spiro atoms. The molecule has 0 aromatic heterocycles. The summed E-state index contributed by atoms with van der Waals surface area (Å²) in [6, 6.07) is 0. The van der Waals surface area contributed by atoms with Crippen LogP contribution in [0, 0.1) is 11.3 Å². The molecular formula is C12H18. The fourth-order valence-electron chi connectivity index (χ4n) is 3.69. The minimum atomic E-state index is 0.704. The van der Waals surface area contributed by atoms with Crippen molar-refractivity contribution in [1.29, 1.82) is 0 Å². The summed E-state index contributed by atoms with van der Waals surface area (Å²) >= 11 is 0. The molecule has 3 aliphatic carbocycles. The highest BCUT2D eigenvalue weighted by molar-refractivity contribution is 5.34. The van der Waals surface area contributed by atoms with E-state index in [1.165, 1.54) is 44.9 Å². The quantitative estimate of drug-likeness (QED) is 0.477. The second-order valence-corrected chi connectivity index (χ2v) is 5.15. The first-order valence-corrected chi connectivity index (χ1v) is 5.52. The van der Waals surface area contributed by atoms with Gasteiger partial charge in [0.15, 0.2) is 0 Å². The smallest absolute Gasteiger partial charge is 0.00823 e. The third-order valence-electron chi connectivity index (χ3n) is 4.68. The van der Waals surface area contributed by atoms with E-state index < -0.39 is 0 Å². The van der Waals surface area contributed by atoms with Crippen molar-refractivity contribution < 1.29 is 0 Å². The topological polar surface area (TPSA) is 0 Å². The Kier molecular flexibility index (Phi) is 1.29. The first-order valence-electron chi connectivity index (χ1n) is 5.52. The Bertz CT molecular complexity index is 249. The second kappa shape index (κ2) is 2.16. The minimum absolute atomic E-state index is 0.704. The first kappa shape index (κ1) is 7.17. The van der Waals surface area contributed by atoms with Crippen LogP contribution in [0.2, 0.25) is 0 Å². The van der Waals surface area contributed by atoms with Gasteiger partial charge in [-0.3, -0.25) is 0 Å². The lowest BCUT2D eigenvalue weighted by atomic mass is 9.60. The average molecular weight is 162 g/mol. The largest absolute Gasteiger partial charge is 0.0701 e. The van der Waals surface area contributed by atoms with E-state index in [1.807, 2.05) is 11.1 Å². The summed E-state index contributed by atoms with van der Waals surface area (Å²) in [5, 5.41) is 0. The number of fused-ring (bicyclic) bond motifs is 2. The number of rotatable bonds is 0. The highest BCUT2D eigenvalue weighted by Gasteiger charge is 2.50. The van der Waals surface area contributed by atoms with Gasteiger partial charge < -0.3 is 0 Å². The Balaban J connectivity index is 1.99. The fraction of sp³-hybridized carbons (Fsp3) is 0.833. The maximum Gasteiger partial charge on any atom is -0.00823 e. The van der Waals surface area contributed by atoms with Gasteiger partial charge in [-0.05, 0) is 56.3 Å². The monoisotopic (exact) mass is 162 g/mol. The molecule has 2 atom stereocenters. The van der Waals surface area contributed by atoms with Gasteiger partial charge in [-0.25, -0.2) is 0 Å². The van der Waals surface area contributed by atoms with E-state index in [9.17, 15) is 0 Å². The van der Waals surface area contributed by atoms with Crippen LogP contribution in [0.3, 0.4) is 0 Å². The molecule has 0 unspecified atom stereocenters. The van der Waals surface area contributed by atoms with E-state index in [0.29, 0.717) is 5.41 Å². The zero-order valence-corrected chi connectivity index (χ0v) is 8.03. The molecule has 0 aromatic rings. The van der Waals surface area contributed by atoms with Gasteiger partial charge in [0.05, 0.1) is 0 Å². The Morgan fingerprint density at radius 2 is 2.08 bits per heavy atom. The zero-order valence-electron chi connectivity index (χ0n) is 8.03. The van der Waals surface area contributed by atoms with Crippen LogP contribution in [0.1, 0.15) is 51.9 Å². The van der Waals surface area contributed by atoms with E-state index in [0.717, 1.165) is 5.92 Å². The minimum Gasteiger partial charge on any atom is -0.0701 e. The normalized spacial score (nSPS) is 45.2. The van der Waals surface area contributed by atoms with Crippen molar-refractivity contribution >= 4 is 0 Å². The molecule has 0 bridgehead atoms. The predicted octanol–water partition coefficient (Wildman–Crippen LogP) is 3.68. The summed E-state index contributed by atoms with van der Waals surface area (Å²) in [6.45, 7) is 2.52. The van der Waals surface area contributed by atoms with Crippen molar-refractivity contribution in [1.82, 2.24) is 0 Å². The maximum atomic E-state index is 2.52. The van der Waals surface area contributed by atoms with Crippen LogP contribution in [-0.2, 0) is 0 Å². The van der Waals surface area contributed by atoms with Gasteiger partial charge in [0.25, 0.3) is 0 Å². The molecule has 0 saturated heterocycles. The number of hydrogen-bond donors (Lipinski definition) is 0. The van der Waals surface area contributed by atoms with Crippen LogP contribution in [0.15, 0.2) is 11.1 Å². The first-order chi connectivity index (χ1) is 5.81. The Labute approximate surface area is 75.0 Å². The Morgan fingerprint density at radius 3 is 2.83 bits per heavy atom. The van der Waals surface area contributed by atoms with E-state index in [4.69, 9.17) is 0 Å². The molecule has 0 N–H and O–H groups in total. The van der Waals surface area contributed by atoms with Gasteiger partial charge >= 0.3 is 0 Å². The van der Waals surface area contributed by atoms with Crippen molar-refractivity contribution in [3.8, 4) is 0 Å². The third kappa shape index (κ3) is 0.694. The zero-order chi connectivity index (χ0) is 8.18. The van der Waals surface area contributed by atoms with Gasteiger partial charge in [-0.1, -0.05) is 18.1 Å². The van der Waals surface area contributed by atoms with E-state index in [2.05, 4.69) is 6.92 Å². The third-order valence-corrected chi connectivity index (χ3v) is 4.68. The fourth-order valence-corrected chi connectivity index (χ4v) is 3.69.